The van der Waals surface area contributed by atoms with Gasteiger partial charge in [0.2, 0.25) is 0 Å². The summed E-state index contributed by atoms with van der Waals surface area (Å²) in [5.41, 5.74) is 12.2. The second-order valence-electron chi connectivity index (χ2n) is 14.5. The van der Waals surface area contributed by atoms with E-state index in [0.29, 0.717) is 0 Å². The van der Waals surface area contributed by atoms with Crippen molar-refractivity contribution in [3.63, 3.8) is 0 Å². The van der Waals surface area contributed by atoms with Crippen molar-refractivity contribution in [3.05, 3.63) is 212 Å². The summed E-state index contributed by atoms with van der Waals surface area (Å²) in [7, 11) is 0. The average molecular weight is 714 g/mol. The molecule has 0 saturated carbocycles. The number of benzene rings is 10. The highest BCUT2D eigenvalue weighted by molar-refractivity contribution is 6.09. The lowest BCUT2D eigenvalue weighted by molar-refractivity contribution is 0.669. The van der Waals surface area contributed by atoms with Crippen molar-refractivity contribution >= 4 is 71.3 Å². The number of anilines is 3. The van der Waals surface area contributed by atoms with E-state index in [1.807, 2.05) is 12.1 Å². The Hall–Kier alpha value is -7.42. The summed E-state index contributed by atoms with van der Waals surface area (Å²) in [6.07, 6.45) is 0. The lowest BCUT2D eigenvalue weighted by atomic mass is 9.94. The molecule has 0 radical (unpaired) electrons. The molecule has 0 fully saturated rings. The third-order valence-corrected chi connectivity index (χ3v) is 11.2. The Bertz CT molecular complexity index is 3260. The normalized spacial score (nSPS) is 11.6. The quantitative estimate of drug-likeness (QED) is 0.160. The van der Waals surface area contributed by atoms with Gasteiger partial charge in [0, 0.05) is 27.7 Å². The first-order chi connectivity index (χ1) is 27.7. The van der Waals surface area contributed by atoms with Crippen molar-refractivity contribution in [2.45, 2.75) is 0 Å². The van der Waals surface area contributed by atoms with Crippen LogP contribution in [-0.2, 0) is 0 Å². The van der Waals surface area contributed by atoms with Crippen molar-refractivity contribution < 1.29 is 4.42 Å². The molecule has 2 heteroatoms. The largest absolute Gasteiger partial charge is 0.456 e. The van der Waals surface area contributed by atoms with Gasteiger partial charge in [0.05, 0.1) is 5.69 Å². The van der Waals surface area contributed by atoms with E-state index in [2.05, 4.69) is 205 Å². The van der Waals surface area contributed by atoms with Gasteiger partial charge in [-0.25, -0.2) is 0 Å². The van der Waals surface area contributed by atoms with Gasteiger partial charge >= 0.3 is 0 Å². The maximum Gasteiger partial charge on any atom is 0.135 e. The van der Waals surface area contributed by atoms with Crippen LogP contribution in [0.1, 0.15) is 0 Å². The van der Waals surface area contributed by atoms with Crippen LogP contribution >= 0.6 is 0 Å². The zero-order chi connectivity index (χ0) is 37.0. The fourth-order valence-electron chi connectivity index (χ4n) is 8.52. The molecule has 1 heterocycles. The van der Waals surface area contributed by atoms with Crippen LogP contribution in [0.25, 0.3) is 87.6 Å². The Labute approximate surface area is 325 Å². The standard InChI is InChI=1S/C54H35NO/c1-3-16-45-37(11-1)13-10-20-47(45)40-14-9-15-41(33-40)49-18-5-7-21-52(49)55(44-30-31-48-42(34-44)24-23-38-12-2-4-17-46(38)48)43-28-25-36(26-29-43)39-27-32-54-51(35-39)50-19-6-8-22-53(50)56-54/h1-35H. The molecule has 0 bridgehead atoms. The summed E-state index contributed by atoms with van der Waals surface area (Å²) in [6.45, 7) is 0. The minimum Gasteiger partial charge on any atom is -0.456 e. The number of rotatable bonds is 6. The molecule has 10 aromatic carbocycles. The molecule has 0 aliphatic heterocycles. The Morgan fingerprint density at radius 3 is 1.75 bits per heavy atom. The van der Waals surface area contributed by atoms with Gasteiger partial charge in [-0.1, -0.05) is 158 Å². The average Bonchev–Trinajstić information content (AvgIpc) is 3.65. The molecule has 56 heavy (non-hydrogen) atoms. The summed E-state index contributed by atoms with van der Waals surface area (Å²) < 4.78 is 6.14. The van der Waals surface area contributed by atoms with Gasteiger partial charge in [0.15, 0.2) is 0 Å². The van der Waals surface area contributed by atoms with Crippen molar-refractivity contribution in [1.29, 1.82) is 0 Å². The van der Waals surface area contributed by atoms with E-state index in [1.165, 1.54) is 49.0 Å². The van der Waals surface area contributed by atoms with Gasteiger partial charge in [0.25, 0.3) is 0 Å². The minimum atomic E-state index is 0.906. The molecule has 0 atom stereocenters. The Kier molecular flexibility index (Phi) is 7.53. The number of para-hydroxylation sites is 2. The second-order valence-corrected chi connectivity index (χ2v) is 14.5. The molecule has 11 aromatic rings. The fourth-order valence-corrected chi connectivity index (χ4v) is 8.52. The maximum absolute atomic E-state index is 6.14. The summed E-state index contributed by atoms with van der Waals surface area (Å²) in [6, 6.07) is 76.7. The van der Waals surface area contributed by atoms with Crippen LogP contribution in [0.3, 0.4) is 0 Å². The molecule has 0 spiro atoms. The van der Waals surface area contributed by atoms with E-state index in [-0.39, 0.29) is 0 Å². The Morgan fingerprint density at radius 2 is 0.875 bits per heavy atom. The molecule has 262 valence electrons. The van der Waals surface area contributed by atoms with E-state index in [4.69, 9.17) is 4.42 Å². The van der Waals surface area contributed by atoms with E-state index in [0.717, 1.165) is 55.7 Å². The van der Waals surface area contributed by atoms with Crippen LogP contribution in [0.5, 0.6) is 0 Å². The van der Waals surface area contributed by atoms with Crippen molar-refractivity contribution in [2.75, 3.05) is 4.90 Å². The van der Waals surface area contributed by atoms with Crippen molar-refractivity contribution in [2.24, 2.45) is 0 Å². The molecule has 0 aliphatic carbocycles. The molecule has 0 amide bonds. The van der Waals surface area contributed by atoms with Crippen LogP contribution in [0.2, 0.25) is 0 Å². The first-order valence-electron chi connectivity index (χ1n) is 19.2. The molecule has 11 rings (SSSR count). The molecule has 0 unspecified atom stereocenters. The number of hydrogen-bond acceptors (Lipinski definition) is 2. The summed E-state index contributed by atoms with van der Waals surface area (Å²) >= 11 is 0. The van der Waals surface area contributed by atoms with Gasteiger partial charge in [-0.3, -0.25) is 0 Å². The molecular weight excluding hydrogens is 679 g/mol. The number of hydrogen-bond donors (Lipinski definition) is 0. The number of furan rings is 1. The third-order valence-electron chi connectivity index (χ3n) is 11.2. The molecule has 1 aromatic heterocycles. The predicted molar refractivity (Wildman–Crippen MR) is 237 cm³/mol. The first kappa shape index (κ1) is 32.0. The summed E-state index contributed by atoms with van der Waals surface area (Å²) in [4.78, 5) is 2.41. The first-order valence-corrected chi connectivity index (χ1v) is 19.2. The van der Waals surface area contributed by atoms with Gasteiger partial charge in [-0.2, -0.15) is 0 Å². The molecular formula is C54H35NO. The third kappa shape index (κ3) is 5.42. The van der Waals surface area contributed by atoms with Crippen LogP contribution in [0.15, 0.2) is 217 Å². The van der Waals surface area contributed by atoms with E-state index in [1.54, 1.807) is 0 Å². The van der Waals surface area contributed by atoms with Gasteiger partial charge in [-0.15, -0.1) is 0 Å². The van der Waals surface area contributed by atoms with Crippen molar-refractivity contribution in [3.8, 4) is 33.4 Å². The van der Waals surface area contributed by atoms with Crippen LogP contribution in [-0.4, -0.2) is 0 Å². The van der Waals surface area contributed by atoms with E-state index in [9.17, 15) is 0 Å². The zero-order valence-corrected chi connectivity index (χ0v) is 30.6. The monoisotopic (exact) mass is 713 g/mol. The second kappa shape index (κ2) is 13.2. The van der Waals surface area contributed by atoms with Gasteiger partial charge in [0.1, 0.15) is 11.2 Å². The highest BCUT2D eigenvalue weighted by Gasteiger charge is 2.19. The molecule has 0 aliphatic rings. The van der Waals surface area contributed by atoms with Gasteiger partial charge in [-0.05, 0) is 115 Å². The Balaban J connectivity index is 1.06. The topological polar surface area (TPSA) is 16.4 Å². The SMILES string of the molecule is c1cc(-c2ccccc2N(c2ccc(-c3ccc4oc5ccccc5c4c3)cc2)c2ccc3c(ccc4ccccc43)c2)cc(-c2cccc3ccccc23)c1. The van der Waals surface area contributed by atoms with Crippen molar-refractivity contribution in [1.82, 2.24) is 0 Å². The van der Waals surface area contributed by atoms with Crippen LogP contribution in [0, 0.1) is 0 Å². The highest BCUT2D eigenvalue weighted by Crippen LogP contribution is 2.44. The Morgan fingerprint density at radius 1 is 0.286 bits per heavy atom. The fraction of sp³-hybridized carbons (Fsp3) is 0. The zero-order valence-electron chi connectivity index (χ0n) is 30.6. The predicted octanol–water partition coefficient (Wildman–Crippen LogP) is 15.5. The lowest BCUT2D eigenvalue weighted by Gasteiger charge is -2.28. The highest BCUT2D eigenvalue weighted by atomic mass is 16.3. The number of fused-ring (bicyclic) bond motifs is 7. The summed E-state index contributed by atoms with van der Waals surface area (Å²) in [5, 5.41) is 9.74. The van der Waals surface area contributed by atoms with E-state index >= 15 is 0 Å². The molecule has 2 nitrogen and oxygen atoms in total. The molecule has 0 saturated heterocycles. The lowest BCUT2D eigenvalue weighted by Crippen LogP contribution is -2.11. The summed E-state index contributed by atoms with van der Waals surface area (Å²) in [5.74, 6) is 0. The smallest absolute Gasteiger partial charge is 0.135 e. The van der Waals surface area contributed by atoms with Crippen LogP contribution < -0.4 is 4.90 Å². The van der Waals surface area contributed by atoms with Gasteiger partial charge < -0.3 is 9.32 Å². The maximum atomic E-state index is 6.14. The minimum absolute atomic E-state index is 0.906. The van der Waals surface area contributed by atoms with Crippen LogP contribution in [0.4, 0.5) is 17.1 Å². The number of nitrogens with zero attached hydrogens (tertiary/aromatic N) is 1. The molecule has 0 N–H and O–H groups in total. The van der Waals surface area contributed by atoms with E-state index < -0.39 is 0 Å².